The van der Waals surface area contributed by atoms with Gasteiger partial charge in [-0.2, -0.15) is 0 Å². The Morgan fingerprint density at radius 1 is 1.21 bits per heavy atom. The summed E-state index contributed by atoms with van der Waals surface area (Å²) in [5.41, 5.74) is 4.45. The molecule has 2 rings (SSSR count). The van der Waals surface area contributed by atoms with E-state index in [0.29, 0.717) is 0 Å². The van der Waals surface area contributed by atoms with Gasteiger partial charge < -0.3 is 9.80 Å². The summed E-state index contributed by atoms with van der Waals surface area (Å²) in [6.07, 6.45) is 6.23. The number of likely N-dealkylation sites (N-methyl/N-ethyl adjacent to an activating group) is 1. The van der Waals surface area contributed by atoms with Crippen LogP contribution in [0.25, 0.3) is 0 Å². The highest BCUT2D eigenvalue weighted by molar-refractivity contribution is 5.39. The predicted molar refractivity (Wildman–Crippen MR) is 59.9 cm³/mol. The van der Waals surface area contributed by atoms with E-state index in [2.05, 4.69) is 36.9 Å². The van der Waals surface area contributed by atoms with Gasteiger partial charge >= 0.3 is 0 Å². The van der Waals surface area contributed by atoms with Gasteiger partial charge in [-0.15, -0.1) is 0 Å². The van der Waals surface area contributed by atoms with Crippen LogP contribution < -0.4 is 0 Å². The molecule has 0 aromatic rings. The Bertz CT molecular complexity index is 281. The molecule has 0 spiro atoms. The lowest BCUT2D eigenvalue weighted by Gasteiger charge is -2.22. The first kappa shape index (κ1) is 9.63. The van der Waals surface area contributed by atoms with E-state index in [-0.39, 0.29) is 0 Å². The molecule has 2 heteroatoms. The molecule has 0 unspecified atom stereocenters. The van der Waals surface area contributed by atoms with Crippen molar-refractivity contribution in [1.82, 2.24) is 9.80 Å². The van der Waals surface area contributed by atoms with Gasteiger partial charge in [0.15, 0.2) is 0 Å². The first-order valence-electron chi connectivity index (χ1n) is 5.52. The fourth-order valence-corrected chi connectivity index (χ4v) is 2.52. The van der Waals surface area contributed by atoms with Crippen molar-refractivity contribution in [3.05, 3.63) is 23.0 Å². The zero-order valence-electron chi connectivity index (χ0n) is 9.51. The summed E-state index contributed by atoms with van der Waals surface area (Å²) >= 11 is 0. The number of allylic oxidation sites excluding steroid dienone is 2. The lowest BCUT2D eigenvalue weighted by molar-refractivity contribution is 0.415. The molecule has 0 aromatic carbocycles. The zero-order valence-corrected chi connectivity index (χ0v) is 9.51. The zero-order chi connectivity index (χ0) is 10.1. The van der Waals surface area contributed by atoms with E-state index in [1.54, 1.807) is 5.70 Å². The van der Waals surface area contributed by atoms with Crippen LogP contribution in [0.5, 0.6) is 0 Å². The average molecular weight is 192 g/mol. The molecule has 0 bridgehead atoms. The van der Waals surface area contributed by atoms with E-state index in [1.165, 1.54) is 37.2 Å². The van der Waals surface area contributed by atoms with Crippen LogP contribution in [0.2, 0.25) is 0 Å². The number of hydrogen-bond donors (Lipinski definition) is 0. The van der Waals surface area contributed by atoms with Crippen molar-refractivity contribution in [3.63, 3.8) is 0 Å². The fourth-order valence-electron chi connectivity index (χ4n) is 2.52. The molecule has 1 aliphatic heterocycles. The maximum absolute atomic E-state index is 2.56. The van der Waals surface area contributed by atoms with Gasteiger partial charge in [-0.1, -0.05) is 6.08 Å². The van der Waals surface area contributed by atoms with E-state index < -0.39 is 0 Å². The maximum Gasteiger partial charge on any atom is 0.0371 e. The van der Waals surface area contributed by atoms with Crippen molar-refractivity contribution in [2.45, 2.75) is 26.2 Å². The average Bonchev–Trinajstić information content (AvgIpc) is 2.71. The second-order valence-corrected chi connectivity index (χ2v) is 4.45. The van der Waals surface area contributed by atoms with Gasteiger partial charge in [0.2, 0.25) is 0 Å². The van der Waals surface area contributed by atoms with Crippen LogP contribution in [0.4, 0.5) is 0 Å². The van der Waals surface area contributed by atoms with Crippen LogP contribution in [-0.2, 0) is 0 Å². The van der Waals surface area contributed by atoms with Crippen LogP contribution in [-0.4, -0.2) is 37.0 Å². The van der Waals surface area contributed by atoms with Crippen molar-refractivity contribution in [1.29, 1.82) is 0 Å². The molecule has 0 saturated carbocycles. The Morgan fingerprint density at radius 2 is 1.86 bits per heavy atom. The van der Waals surface area contributed by atoms with Gasteiger partial charge in [0.05, 0.1) is 0 Å². The Balaban J connectivity index is 2.15. The number of nitrogens with zero attached hydrogens (tertiary/aromatic N) is 2. The molecular formula is C12H20N2. The van der Waals surface area contributed by atoms with E-state index in [4.69, 9.17) is 0 Å². The van der Waals surface area contributed by atoms with Crippen molar-refractivity contribution < 1.29 is 0 Å². The van der Waals surface area contributed by atoms with Gasteiger partial charge in [-0.3, -0.25) is 0 Å². The Kier molecular flexibility index (Phi) is 2.53. The van der Waals surface area contributed by atoms with Gasteiger partial charge in [-0.05, 0) is 25.3 Å². The van der Waals surface area contributed by atoms with E-state index in [0.717, 1.165) is 6.42 Å². The molecule has 78 valence electrons. The first-order chi connectivity index (χ1) is 6.70. The van der Waals surface area contributed by atoms with Gasteiger partial charge in [0.25, 0.3) is 0 Å². The third kappa shape index (κ3) is 1.54. The summed E-state index contributed by atoms with van der Waals surface area (Å²) in [7, 11) is 4.25. The van der Waals surface area contributed by atoms with Crippen molar-refractivity contribution in [2.24, 2.45) is 0 Å². The van der Waals surface area contributed by atoms with Gasteiger partial charge in [-0.25, -0.2) is 0 Å². The molecule has 2 aliphatic rings. The molecule has 1 aliphatic carbocycles. The quantitative estimate of drug-likeness (QED) is 0.662. The van der Waals surface area contributed by atoms with Crippen LogP contribution in [0, 0.1) is 0 Å². The molecule has 0 N–H and O–H groups in total. The summed E-state index contributed by atoms with van der Waals surface area (Å²) in [6, 6.07) is 0. The highest BCUT2D eigenvalue weighted by atomic mass is 15.2. The highest BCUT2D eigenvalue weighted by Gasteiger charge is 2.22. The standard InChI is InChI=1S/C12H20N2/c1-10-11(13(2)3)6-7-12(10)14-8-4-5-9-14/h6H,4-5,7-9H2,1-3H3. The summed E-state index contributed by atoms with van der Waals surface area (Å²) in [5, 5.41) is 0. The molecular weight excluding hydrogens is 172 g/mol. The largest absolute Gasteiger partial charge is 0.378 e. The van der Waals surface area contributed by atoms with Gasteiger partial charge in [0.1, 0.15) is 0 Å². The second kappa shape index (κ2) is 3.68. The fraction of sp³-hybridized carbons (Fsp3) is 0.667. The summed E-state index contributed by atoms with van der Waals surface area (Å²) in [4.78, 5) is 4.78. The van der Waals surface area contributed by atoms with Crippen LogP contribution >= 0.6 is 0 Å². The maximum atomic E-state index is 2.56. The van der Waals surface area contributed by atoms with Crippen molar-refractivity contribution in [2.75, 3.05) is 27.2 Å². The minimum atomic E-state index is 1.14. The second-order valence-electron chi connectivity index (χ2n) is 4.45. The van der Waals surface area contributed by atoms with E-state index in [1.807, 2.05) is 0 Å². The van der Waals surface area contributed by atoms with Crippen LogP contribution in [0.15, 0.2) is 23.0 Å². The number of rotatable bonds is 2. The highest BCUT2D eigenvalue weighted by Crippen LogP contribution is 2.31. The predicted octanol–water partition coefficient (Wildman–Crippen LogP) is 2.21. The Labute approximate surface area is 86.9 Å². The smallest absolute Gasteiger partial charge is 0.0371 e. The molecule has 0 amide bonds. The lowest BCUT2D eigenvalue weighted by atomic mass is 10.2. The third-order valence-electron chi connectivity index (χ3n) is 3.28. The molecule has 0 atom stereocenters. The minimum Gasteiger partial charge on any atom is -0.378 e. The first-order valence-corrected chi connectivity index (χ1v) is 5.52. The monoisotopic (exact) mass is 192 g/mol. The molecule has 2 nitrogen and oxygen atoms in total. The van der Waals surface area contributed by atoms with Gasteiger partial charge in [0, 0.05) is 45.0 Å². The lowest BCUT2D eigenvalue weighted by Crippen LogP contribution is -2.19. The number of likely N-dealkylation sites (tertiary alicyclic amines) is 1. The molecule has 0 aromatic heterocycles. The van der Waals surface area contributed by atoms with Crippen molar-refractivity contribution >= 4 is 0 Å². The van der Waals surface area contributed by atoms with E-state index in [9.17, 15) is 0 Å². The SMILES string of the molecule is CC1=C(N2CCCC2)CC=C1N(C)C. The molecule has 0 radical (unpaired) electrons. The summed E-state index contributed by atoms with van der Waals surface area (Å²) < 4.78 is 0. The summed E-state index contributed by atoms with van der Waals surface area (Å²) in [6.45, 7) is 4.79. The Hall–Kier alpha value is -0.920. The molecule has 1 heterocycles. The third-order valence-corrected chi connectivity index (χ3v) is 3.28. The normalized spacial score (nSPS) is 21.9. The topological polar surface area (TPSA) is 6.48 Å². The van der Waals surface area contributed by atoms with Crippen molar-refractivity contribution in [3.8, 4) is 0 Å². The van der Waals surface area contributed by atoms with Crippen LogP contribution in [0.3, 0.4) is 0 Å². The van der Waals surface area contributed by atoms with E-state index >= 15 is 0 Å². The number of hydrogen-bond acceptors (Lipinski definition) is 2. The minimum absolute atomic E-state index is 1.14. The summed E-state index contributed by atoms with van der Waals surface area (Å²) in [5.74, 6) is 0. The molecule has 1 saturated heterocycles. The molecule has 1 fully saturated rings. The molecule has 14 heavy (non-hydrogen) atoms. The Morgan fingerprint density at radius 3 is 2.36 bits per heavy atom. The van der Waals surface area contributed by atoms with Crippen LogP contribution in [0.1, 0.15) is 26.2 Å².